The van der Waals surface area contributed by atoms with Crippen LogP contribution in [0.15, 0.2) is 249 Å². The molecule has 13 rings (SSSR count). The number of fused-ring (bicyclic) bond motifs is 7. The SMILES string of the molecule is CCC1(CC)c2cc(/C=C/c3ccc(-c4cc(-c5ccccc5)c(-c5ccccc5)c(-c5ccccc5)c4-c4ccccc4)c4ccccc34)ccc2-c2ccc(-n3c4ccccc4c4ccccc43)cc21. The lowest BCUT2D eigenvalue weighted by Crippen LogP contribution is -2.23. The first-order chi connectivity index (χ1) is 35.6. The maximum Gasteiger partial charge on any atom is 0.0541 e. The summed E-state index contributed by atoms with van der Waals surface area (Å²) in [5.74, 6) is 0. The molecule has 0 aliphatic heterocycles. The van der Waals surface area contributed by atoms with E-state index in [1.165, 1.54) is 127 Å². The monoisotopic (exact) mass is 919 g/mol. The summed E-state index contributed by atoms with van der Waals surface area (Å²) < 4.78 is 2.46. The van der Waals surface area contributed by atoms with Gasteiger partial charge in [0.05, 0.1) is 11.0 Å². The standard InChI is InChI=1S/C71H53N/c1-3-71(4-2)64-45-48(38-42-58(64)59-44-41-54(46-65(59)71)72-66-35-21-19-33-60(66)61-34-20-22-36-67(61)72)37-39-50-40-43-57(56-32-18-17-31-55(50)56)63-47-62(49-23-9-5-10-24-49)68(51-25-11-6-12-26-51)70(53-29-15-8-16-30-53)69(63)52-27-13-7-14-28-52/h5-47H,3-4H2,1-2H3/b39-37+. The summed E-state index contributed by atoms with van der Waals surface area (Å²) in [6, 6.07) is 92.0. The zero-order valence-corrected chi connectivity index (χ0v) is 40.7. The summed E-state index contributed by atoms with van der Waals surface area (Å²) in [7, 11) is 0. The van der Waals surface area contributed by atoms with E-state index in [0.717, 1.165) is 12.8 Å². The minimum Gasteiger partial charge on any atom is -0.309 e. The summed E-state index contributed by atoms with van der Waals surface area (Å²) in [5, 5.41) is 5.03. The largest absolute Gasteiger partial charge is 0.309 e. The number of benzene rings is 11. The van der Waals surface area contributed by atoms with Crippen LogP contribution in [-0.4, -0.2) is 4.57 Å². The Hall–Kier alpha value is -8.78. The fourth-order valence-corrected chi connectivity index (χ4v) is 12.3. The quantitative estimate of drug-likeness (QED) is 0.120. The van der Waals surface area contributed by atoms with E-state index in [2.05, 4.69) is 279 Å². The number of hydrogen-bond donors (Lipinski definition) is 0. The van der Waals surface area contributed by atoms with Gasteiger partial charge in [-0.3, -0.25) is 0 Å². The molecule has 12 aromatic rings. The molecule has 0 N–H and O–H groups in total. The van der Waals surface area contributed by atoms with Gasteiger partial charge in [0.25, 0.3) is 0 Å². The second kappa shape index (κ2) is 17.9. The van der Waals surface area contributed by atoms with Gasteiger partial charge in [-0.2, -0.15) is 0 Å². The van der Waals surface area contributed by atoms with Crippen LogP contribution in [0.1, 0.15) is 48.9 Å². The molecule has 0 saturated heterocycles. The Bertz CT molecular complexity index is 3970. The summed E-state index contributed by atoms with van der Waals surface area (Å²) in [6.07, 6.45) is 6.70. The van der Waals surface area contributed by atoms with Gasteiger partial charge in [0.1, 0.15) is 0 Å². The second-order valence-corrected chi connectivity index (χ2v) is 19.3. The average molecular weight is 920 g/mol. The topological polar surface area (TPSA) is 4.93 Å². The van der Waals surface area contributed by atoms with Gasteiger partial charge in [-0.1, -0.05) is 244 Å². The summed E-state index contributed by atoms with van der Waals surface area (Å²) in [6.45, 7) is 4.74. The van der Waals surface area contributed by atoms with Crippen molar-refractivity contribution in [3.05, 3.63) is 271 Å². The van der Waals surface area contributed by atoms with Crippen molar-refractivity contribution in [1.82, 2.24) is 4.57 Å². The predicted molar refractivity (Wildman–Crippen MR) is 308 cm³/mol. The molecule has 0 amide bonds. The van der Waals surface area contributed by atoms with Crippen molar-refractivity contribution in [2.75, 3.05) is 0 Å². The summed E-state index contributed by atoms with van der Waals surface area (Å²) in [4.78, 5) is 0. The van der Waals surface area contributed by atoms with Crippen LogP contribution in [0.3, 0.4) is 0 Å². The number of rotatable bonds is 10. The van der Waals surface area contributed by atoms with Crippen LogP contribution < -0.4 is 0 Å². The lowest BCUT2D eigenvalue weighted by atomic mass is 9.73. The Labute approximate surface area is 422 Å². The van der Waals surface area contributed by atoms with Crippen LogP contribution in [0.4, 0.5) is 0 Å². The third-order valence-electron chi connectivity index (χ3n) is 15.7. The van der Waals surface area contributed by atoms with Gasteiger partial charge in [0.15, 0.2) is 0 Å². The highest BCUT2D eigenvalue weighted by Gasteiger charge is 2.41. The molecule has 72 heavy (non-hydrogen) atoms. The van der Waals surface area contributed by atoms with Crippen LogP contribution >= 0.6 is 0 Å². The molecule has 0 fully saturated rings. The third-order valence-corrected chi connectivity index (χ3v) is 15.7. The Morgan fingerprint density at radius 2 is 0.792 bits per heavy atom. The van der Waals surface area contributed by atoms with Gasteiger partial charge in [-0.15, -0.1) is 0 Å². The molecule has 0 saturated carbocycles. The maximum atomic E-state index is 2.49. The van der Waals surface area contributed by atoms with Crippen LogP contribution in [0, 0.1) is 0 Å². The Morgan fingerprint density at radius 3 is 1.38 bits per heavy atom. The van der Waals surface area contributed by atoms with E-state index in [1.807, 2.05) is 0 Å². The van der Waals surface area contributed by atoms with Crippen molar-refractivity contribution in [3.8, 4) is 72.4 Å². The first kappa shape index (κ1) is 43.3. The highest BCUT2D eigenvalue weighted by Crippen LogP contribution is 2.55. The van der Waals surface area contributed by atoms with E-state index in [0.29, 0.717) is 0 Å². The van der Waals surface area contributed by atoms with E-state index >= 15 is 0 Å². The lowest BCUT2D eigenvalue weighted by Gasteiger charge is -2.30. The number of hydrogen-bond acceptors (Lipinski definition) is 0. The molecule has 0 bridgehead atoms. The number of para-hydroxylation sites is 2. The minimum absolute atomic E-state index is 0.0959. The van der Waals surface area contributed by atoms with Crippen molar-refractivity contribution >= 4 is 44.7 Å². The first-order valence-corrected chi connectivity index (χ1v) is 25.5. The Kier molecular flexibility index (Phi) is 10.7. The zero-order valence-electron chi connectivity index (χ0n) is 40.7. The van der Waals surface area contributed by atoms with Gasteiger partial charge in [-0.25, -0.2) is 0 Å². The molecule has 342 valence electrons. The fraction of sp³-hybridized carbons (Fsp3) is 0.0704. The predicted octanol–water partition coefficient (Wildman–Crippen LogP) is 19.5. The number of aromatic nitrogens is 1. The molecule has 0 atom stereocenters. The highest BCUT2D eigenvalue weighted by atomic mass is 15.0. The smallest absolute Gasteiger partial charge is 0.0541 e. The molecule has 0 spiro atoms. The van der Waals surface area contributed by atoms with Gasteiger partial charge in [0.2, 0.25) is 0 Å². The Morgan fingerprint density at radius 1 is 0.333 bits per heavy atom. The van der Waals surface area contributed by atoms with Gasteiger partial charge >= 0.3 is 0 Å². The average Bonchev–Trinajstić information content (AvgIpc) is 3.94. The molecule has 1 heterocycles. The molecule has 1 heteroatoms. The first-order valence-electron chi connectivity index (χ1n) is 25.5. The second-order valence-electron chi connectivity index (χ2n) is 19.3. The molecule has 1 aromatic heterocycles. The van der Waals surface area contributed by atoms with Crippen molar-refractivity contribution in [2.24, 2.45) is 0 Å². The van der Waals surface area contributed by atoms with E-state index in [1.54, 1.807) is 0 Å². The van der Waals surface area contributed by atoms with E-state index < -0.39 is 0 Å². The molecular weight excluding hydrogens is 867 g/mol. The number of nitrogens with zero attached hydrogens (tertiary/aromatic N) is 1. The molecule has 0 unspecified atom stereocenters. The molecule has 1 nitrogen and oxygen atoms in total. The van der Waals surface area contributed by atoms with E-state index in [9.17, 15) is 0 Å². The molecule has 1 aliphatic carbocycles. The van der Waals surface area contributed by atoms with Crippen LogP contribution in [0.5, 0.6) is 0 Å². The van der Waals surface area contributed by atoms with Crippen molar-refractivity contribution < 1.29 is 0 Å². The normalized spacial score (nSPS) is 12.8. The minimum atomic E-state index is -0.0959. The zero-order chi connectivity index (χ0) is 48.2. The van der Waals surface area contributed by atoms with Crippen LogP contribution in [-0.2, 0) is 5.41 Å². The molecular formula is C71H53N. The van der Waals surface area contributed by atoms with Crippen molar-refractivity contribution in [1.29, 1.82) is 0 Å². The van der Waals surface area contributed by atoms with Crippen molar-refractivity contribution in [2.45, 2.75) is 32.1 Å². The van der Waals surface area contributed by atoms with Crippen molar-refractivity contribution in [3.63, 3.8) is 0 Å². The molecule has 11 aromatic carbocycles. The molecule has 1 aliphatic rings. The van der Waals surface area contributed by atoms with Gasteiger partial charge in [-0.05, 0) is 143 Å². The fourth-order valence-electron chi connectivity index (χ4n) is 12.3. The molecule has 0 radical (unpaired) electrons. The van der Waals surface area contributed by atoms with Gasteiger partial charge in [0, 0.05) is 21.9 Å². The summed E-state index contributed by atoms with van der Waals surface area (Å²) in [5.41, 5.74) is 23.7. The highest BCUT2D eigenvalue weighted by molar-refractivity contribution is 6.12. The van der Waals surface area contributed by atoms with Crippen LogP contribution in [0.2, 0.25) is 0 Å². The Balaban J connectivity index is 0.947. The van der Waals surface area contributed by atoms with Crippen LogP contribution in [0.25, 0.3) is 117 Å². The third kappa shape index (κ3) is 6.99. The lowest BCUT2D eigenvalue weighted by molar-refractivity contribution is 0.490. The maximum absolute atomic E-state index is 2.49. The van der Waals surface area contributed by atoms with E-state index in [-0.39, 0.29) is 5.41 Å². The summed E-state index contributed by atoms with van der Waals surface area (Å²) >= 11 is 0. The van der Waals surface area contributed by atoms with Gasteiger partial charge < -0.3 is 4.57 Å². The van der Waals surface area contributed by atoms with E-state index in [4.69, 9.17) is 0 Å².